The average Bonchev–Trinajstić information content (AvgIpc) is 2.67. The number of carbonyl (C=O) groups excluding carboxylic acids is 1. The molecule has 2 aromatic heterocycles. The van der Waals surface area contributed by atoms with Crippen molar-refractivity contribution in [3.63, 3.8) is 0 Å². The van der Waals surface area contributed by atoms with Crippen molar-refractivity contribution in [3.8, 4) is 0 Å². The van der Waals surface area contributed by atoms with Gasteiger partial charge in [0.05, 0.1) is 0 Å². The molecule has 0 aliphatic carbocycles. The van der Waals surface area contributed by atoms with Crippen molar-refractivity contribution in [3.05, 3.63) is 46.2 Å². The average molecular weight is 242 g/mol. The first-order chi connectivity index (χ1) is 7.16. The van der Waals surface area contributed by atoms with Crippen LogP contribution in [-0.4, -0.2) is 20.7 Å². The Balaban J connectivity index is 2.42. The van der Waals surface area contributed by atoms with Gasteiger partial charge in [0.2, 0.25) is 5.78 Å². The van der Waals surface area contributed by atoms with E-state index in [0.29, 0.717) is 5.56 Å². The first kappa shape index (κ1) is 10.1. The van der Waals surface area contributed by atoms with E-state index in [9.17, 15) is 4.79 Å². The van der Waals surface area contributed by atoms with Gasteiger partial charge in [-0.05, 0) is 12.1 Å². The lowest BCUT2D eigenvalue weighted by Crippen LogP contribution is -2.04. The molecular formula is C9H5Cl2N3O. The van der Waals surface area contributed by atoms with Crippen molar-refractivity contribution < 1.29 is 4.79 Å². The minimum absolute atomic E-state index is 0.178. The van der Waals surface area contributed by atoms with Gasteiger partial charge < -0.3 is 4.98 Å². The molecule has 2 heterocycles. The Morgan fingerprint density at radius 3 is 2.47 bits per heavy atom. The molecule has 0 unspecified atom stereocenters. The lowest BCUT2D eigenvalue weighted by Gasteiger charge is -1.99. The van der Waals surface area contributed by atoms with E-state index in [-0.39, 0.29) is 21.9 Å². The van der Waals surface area contributed by atoms with E-state index in [0.717, 1.165) is 0 Å². The highest BCUT2D eigenvalue weighted by atomic mass is 35.5. The van der Waals surface area contributed by atoms with E-state index < -0.39 is 0 Å². The molecule has 0 aliphatic rings. The fourth-order valence-corrected chi connectivity index (χ4v) is 1.58. The molecule has 2 rings (SSSR count). The fourth-order valence-electron chi connectivity index (χ4n) is 1.12. The number of pyridine rings is 1. The normalized spacial score (nSPS) is 10.3. The van der Waals surface area contributed by atoms with Crippen LogP contribution in [0.15, 0.2) is 24.5 Å². The minimum atomic E-state index is -0.272. The third kappa shape index (κ3) is 2.16. The van der Waals surface area contributed by atoms with Crippen molar-refractivity contribution in [2.45, 2.75) is 0 Å². The van der Waals surface area contributed by atoms with Crippen LogP contribution in [-0.2, 0) is 0 Å². The van der Waals surface area contributed by atoms with Gasteiger partial charge in [0.1, 0.15) is 10.3 Å². The van der Waals surface area contributed by atoms with E-state index in [1.54, 1.807) is 6.20 Å². The second-order valence-corrected chi connectivity index (χ2v) is 3.54. The number of halogens is 2. The van der Waals surface area contributed by atoms with E-state index >= 15 is 0 Å². The molecule has 0 saturated heterocycles. The highest BCUT2D eigenvalue weighted by Crippen LogP contribution is 2.16. The highest BCUT2D eigenvalue weighted by Gasteiger charge is 2.12. The predicted octanol–water partition coefficient (Wildman–Crippen LogP) is 2.34. The Labute approximate surface area is 95.3 Å². The molecule has 0 fully saturated rings. The van der Waals surface area contributed by atoms with Crippen LogP contribution >= 0.6 is 23.2 Å². The summed E-state index contributed by atoms with van der Waals surface area (Å²) in [6.45, 7) is 0. The Bertz CT molecular complexity index is 476. The molecule has 0 amide bonds. The molecule has 15 heavy (non-hydrogen) atoms. The molecular weight excluding hydrogens is 237 g/mol. The molecule has 4 nitrogen and oxygen atoms in total. The van der Waals surface area contributed by atoms with E-state index in [4.69, 9.17) is 23.2 Å². The Morgan fingerprint density at radius 2 is 1.93 bits per heavy atom. The molecule has 0 saturated carbocycles. The van der Waals surface area contributed by atoms with Crippen LogP contribution in [0.25, 0.3) is 0 Å². The van der Waals surface area contributed by atoms with Gasteiger partial charge >= 0.3 is 0 Å². The number of aromatic amines is 1. The maximum Gasteiger partial charge on any atom is 0.228 e. The van der Waals surface area contributed by atoms with Crippen molar-refractivity contribution in [1.82, 2.24) is 15.0 Å². The summed E-state index contributed by atoms with van der Waals surface area (Å²) in [5, 5.41) is 0.356. The number of hydrogen-bond donors (Lipinski definition) is 1. The first-order valence-electron chi connectivity index (χ1n) is 4.04. The Hall–Kier alpha value is -1.39. The van der Waals surface area contributed by atoms with Gasteiger partial charge in [-0.3, -0.25) is 4.79 Å². The minimum Gasteiger partial charge on any atom is -0.342 e. The van der Waals surface area contributed by atoms with E-state index in [1.807, 2.05) is 0 Å². The van der Waals surface area contributed by atoms with E-state index in [1.165, 1.54) is 18.3 Å². The lowest BCUT2D eigenvalue weighted by molar-refractivity contribution is 0.103. The van der Waals surface area contributed by atoms with Gasteiger partial charge in [0.15, 0.2) is 5.82 Å². The van der Waals surface area contributed by atoms with Crippen molar-refractivity contribution in [1.29, 1.82) is 0 Å². The van der Waals surface area contributed by atoms with Crippen LogP contribution < -0.4 is 0 Å². The number of rotatable bonds is 2. The highest BCUT2D eigenvalue weighted by molar-refractivity contribution is 6.33. The number of H-pyrrole nitrogens is 1. The largest absolute Gasteiger partial charge is 0.342 e. The standard InChI is InChI=1S/C9H5Cl2N3O/c10-6-3-5(4-7(11)14-6)8(15)9-12-1-2-13-9/h1-4H,(H,12,13). The van der Waals surface area contributed by atoms with Gasteiger partial charge in [0.25, 0.3) is 0 Å². The summed E-state index contributed by atoms with van der Waals surface area (Å²) in [5.74, 6) is -0.0282. The molecule has 76 valence electrons. The number of carbonyl (C=O) groups is 1. The number of nitrogens with one attached hydrogen (secondary N) is 1. The van der Waals surface area contributed by atoms with Crippen molar-refractivity contribution in [2.24, 2.45) is 0 Å². The lowest BCUT2D eigenvalue weighted by atomic mass is 10.2. The van der Waals surface area contributed by atoms with Crippen LogP contribution in [0.3, 0.4) is 0 Å². The smallest absolute Gasteiger partial charge is 0.228 e. The number of ketones is 1. The zero-order chi connectivity index (χ0) is 10.8. The quantitative estimate of drug-likeness (QED) is 0.649. The topological polar surface area (TPSA) is 58.6 Å². The van der Waals surface area contributed by atoms with Crippen molar-refractivity contribution in [2.75, 3.05) is 0 Å². The molecule has 0 aliphatic heterocycles. The Kier molecular flexibility index (Phi) is 2.70. The van der Waals surface area contributed by atoms with Crippen LogP contribution in [0.5, 0.6) is 0 Å². The van der Waals surface area contributed by atoms with Crippen LogP contribution in [0.1, 0.15) is 16.2 Å². The van der Waals surface area contributed by atoms with Crippen molar-refractivity contribution >= 4 is 29.0 Å². The monoisotopic (exact) mass is 241 g/mol. The third-order valence-corrected chi connectivity index (χ3v) is 2.13. The van der Waals surface area contributed by atoms with Crippen LogP contribution in [0.2, 0.25) is 10.3 Å². The van der Waals surface area contributed by atoms with Crippen LogP contribution in [0.4, 0.5) is 0 Å². The SMILES string of the molecule is O=C(c1cc(Cl)nc(Cl)c1)c1ncc[nH]1. The summed E-state index contributed by atoms with van der Waals surface area (Å²) < 4.78 is 0. The molecule has 0 bridgehead atoms. The molecule has 1 N–H and O–H groups in total. The zero-order valence-corrected chi connectivity index (χ0v) is 8.88. The number of nitrogens with zero attached hydrogens (tertiary/aromatic N) is 2. The molecule has 6 heteroatoms. The van der Waals surface area contributed by atoms with E-state index in [2.05, 4.69) is 15.0 Å². The first-order valence-corrected chi connectivity index (χ1v) is 4.79. The van der Waals surface area contributed by atoms with Gasteiger partial charge in [-0.2, -0.15) is 0 Å². The maximum absolute atomic E-state index is 11.8. The van der Waals surface area contributed by atoms with Gasteiger partial charge in [-0.1, -0.05) is 23.2 Å². The molecule has 0 atom stereocenters. The van der Waals surface area contributed by atoms with Gasteiger partial charge in [-0.25, -0.2) is 9.97 Å². The maximum atomic E-state index is 11.8. The van der Waals surface area contributed by atoms with Crippen LogP contribution in [0, 0.1) is 0 Å². The predicted molar refractivity (Wildman–Crippen MR) is 56.3 cm³/mol. The number of hydrogen-bond acceptors (Lipinski definition) is 3. The Morgan fingerprint density at radius 1 is 1.27 bits per heavy atom. The molecule has 0 radical (unpaired) electrons. The molecule has 2 aromatic rings. The molecule has 0 aromatic carbocycles. The number of imidazole rings is 1. The summed E-state index contributed by atoms with van der Waals surface area (Å²) in [6, 6.07) is 2.89. The second kappa shape index (κ2) is 4.00. The van der Waals surface area contributed by atoms with Gasteiger partial charge in [0, 0.05) is 18.0 Å². The fraction of sp³-hybridized carbons (Fsp3) is 0. The summed E-state index contributed by atoms with van der Waals surface area (Å²) in [7, 11) is 0. The summed E-state index contributed by atoms with van der Waals surface area (Å²) in [4.78, 5) is 22.1. The number of aromatic nitrogens is 3. The molecule has 0 spiro atoms. The zero-order valence-electron chi connectivity index (χ0n) is 7.37. The van der Waals surface area contributed by atoms with Gasteiger partial charge in [-0.15, -0.1) is 0 Å². The third-order valence-electron chi connectivity index (χ3n) is 1.74. The summed E-state index contributed by atoms with van der Waals surface area (Å²) in [5.41, 5.74) is 0.356. The summed E-state index contributed by atoms with van der Waals surface area (Å²) in [6.07, 6.45) is 3.06. The summed E-state index contributed by atoms with van der Waals surface area (Å²) >= 11 is 11.4. The second-order valence-electron chi connectivity index (χ2n) is 2.77.